The maximum absolute atomic E-state index is 13.1. The molecule has 0 saturated carbocycles. The summed E-state index contributed by atoms with van der Waals surface area (Å²) in [5, 5.41) is 7.01. The van der Waals surface area contributed by atoms with Crippen LogP contribution < -0.4 is 19.7 Å². The normalized spacial score (nSPS) is 13.6. The predicted octanol–water partition coefficient (Wildman–Crippen LogP) is 5.52. The molecule has 174 valence electrons. The molecule has 0 unspecified atom stereocenters. The number of nitrogens with one attached hydrogen (secondary N) is 1. The van der Waals surface area contributed by atoms with Gasteiger partial charge in [-0.25, -0.2) is 4.98 Å². The fourth-order valence-corrected chi connectivity index (χ4v) is 4.82. The molecule has 1 aliphatic rings. The topological polar surface area (TPSA) is 76.6 Å². The van der Waals surface area contributed by atoms with Crippen molar-refractivity contribution in [3.63, 3.8) is 0 Å². The number of thiazole rings is 1. The number of amides is 1. The number of ether oxygens (including phenoxy) is 2. The second-order valence-corrected chi connectivity index (χ2v) is 8.91. The Morgan fingerprint density at radius 2 is 1.97 bits per heavy atom. The highest BCUT2D eigenvalue weighted by Crippen LogP contribution is 2.34. The van der Waals surface area contributed by atoms with Gasteiger partial charge in [-0.05, 0) is 55.7 Å². The Bertz CT molecular complexity index is 1290. The van der Waals surface area contributed by atoms with Crippen LogP contribution in [0.2, 0.25) is 0 Å². The van der Waals surface area contributed by atoms with Crippen molar-refractivity contribution in [2.24, 2.45) is 0 Å². The summed E-state index contributed by atoms with van der Waals surface area (Å²) in [5.74, 6) is 0.836. The van der Waals surface area contributed by atoms with Crippen molar-refractivity contribution in [2.45, 2.75) is 25.9 Å². The molecule has 0 atom stereocenters. The number of rotatable bonds is 7. The van der Waals surface area contributed by atoms with Gasteiger partial charge in [-0.1, -0.05) is 0 Å². The lowest BCUT2D eigenvalue weighted by molar-refractivity contribution is 0.102. The number of carbonyl (C=O) groups excluding carboxylic acids is 1. The molecule has 3 heterocycles. The standard InChI is InChI=1S/C26H26N4O3S/c1-32-25-13-18(5-8-24(25)33-15-19-16-34-17-28-19)26(31)29-22-6-7-23(30-11-3-2-4-12-30)20-9-10-27-14-21(20)22/h5-10,13-14,16-17H,2-4,11-12,15H2,1H3,(H,29,31). The monoisotopic (exact) mass is 474 g/mol. The molecular formula is C26H26N4O3S. The van der Waals surface area contributed by atoms with Crippen LogP contribution >= 0.6 is 11.3 Å². The van der Waals surface area contributed by atoms with E-state index in [1.54, 1.807) is 37.0 Å². The van der Waals surface area contributed by atoms with Crippen molar-refractivity contribution in [1.82, 2.24) is 9.97 Å². The van der Waals surface area contributed by atoms with Gasteiger partial charge in [-0.15, -0.1) is 11.3 Å². The van der Waals surface area contributed by atoms with Crippen LogP contribution in [-0.4, -0.2) is 36.1 Å². The second-order valence-electron chi connectivity index (χ2n) is 8.19. The number of carbonyl (C=O) groups is 1. The summed E-state index contributed by atoms with van der Waals surface area (Å²) < 4.78 is 11.3. The zero-order valence-electron chi connectivity index (χ0n) is 19.0. The van der Waals surface area contributed by atoms with Crippen LogP contribution in [0, 0.1) is 0 Å². The molecule has 1 fully saturated rings. The number of pyridine rings is 1. The van der Waals surface area contributed by atoms with E-state index >= 15 is 0 Å². The number of hydrogen-bond acceptors (Lipinski definition) is 7. The lowest BCUT2D eigenvalue weighted by Crippen LogP contribution is -2.29. The SMILES string of the molecule is COc1cc(C(=O)Nc2ccc(N3CCCCC3)c3ccncc23)ccc1OCc1cscn1. The number of fused-ring (bicyclic) bond motifs is 1. The fourth-order valence-electron chi connectivity index (χ4n) is 4.28. The van der Waals surface area contributed by atoms with Crippen molar-refractivity contribution in [3.05, 3.63) is 70.9 Å². The first kappa shape index (κ1) is 22.2. The Morgan fingerprint density at radius 3 is 2.76 bits per heavy atom. The van der Waals surface area contributed by atoms with Crippen LogP contribution in [-0.2, 0) is 6.61 Å². The summed E-state index contributed by atoms with van der Waals surface area (Å²) >= 11 is 1.52. The van der Waals surface area contributed by atoms with Crippen LogP contribution in [0.15, 0.2) is 59.7 Å². The number of benzene rings is 2. The average molecular weight is 475 g/mol. The third kappa shape index (κ3) is 4.68. The molecule has 7 nitrogen and oxygen atoms in total. The van der Waals surface area contributed by atoms with Gasteiger partial charge in [0.05, 0.1) is 24.0 Å². The highest BCUT2D eigenvalue weighted by atomic mass is 32.1. The molecular weight excluding hydrogens is 448 g/mol. The summed E-state index contributed by atoms with van der Waals surface area (Å²) in [6.07, 6.45) is 7.31. The molecule has 0 spiro atoms. The van der Waals surface area contributed by atoms with Crippen LogP contribution in [0.25, 0.3) is 10.8 Å². The van der Waals surface area contributed by atoms with E-state index in [1.165, 1.54) is 36.3 Å². The van der Waals surface area contributed by atoms with E-state index in [2.05, 4.69) is 26.3 Å². The molecule has 8 heteroatoms. The van der Waals surface area contributed by atoms with Crippen molar-refractivity contribution in [2.75, 3.05) is 30.4 Å². The van der Waals surface area contributed by atoms with Gasteiger partial charge in [0.25, 0.3) is 5.91 Å². The number of aromatic nitrogens is 2. The molecule has 0 radical (unpaired) electrons. The first-order chi connectivity index (χ1) is 16.7. The van der Waals surface area contributed by atoms with Crippen LogP contribution in [0.1, 0.15) is 35.3 Å². The number of anilines is 2. The van der Waals surface area contributed by atoms with Gasteiger partial charge in [0.1, 0.15) is 6.61 Å². The summed E-state index contributed by atoms with van der Waals surface area (Å²) in [6.45, 7) is 2.45. The Kier molecular flexibility index (Phi) is 6.58. The van der Waals surface area contributed by atoms with E-state index in [0.717, 1.165) is 35.2 Å². The minimum atomic E-state index is -0.222. The zero-order chi connectivity index (χ0) is 23.3. The Hall–Kier alpha value is -3.65. The number of methoxy groups -OCH3 is 1. The lowest BCUT2D eigenvalue weighted by atomic mass is 10.0. The summed E-state index contributed by atoms with van der Waals surface area (Å²) in [5.41, 5.74) is 5.02. The van der Waals surface area contributed by atoms with Gasteiger partial charge in [0.2, 0.25) is 0 Å². The van der Waals surface area contributed by atoms with Crippen LogP contribution in [0.5, 0.6) is 11.5 Å². The zero-order valence-corrected chi connectivity index (χ0v) is 19.8. The van der Waals surface area contributed by atoms with E-state index in [1.807, 2.05) is 23.7 Å². The molecule has 1 saturated heterocycles. The predicted molar refractivity (Wildman–Crippen MR) is 135 cm³/mol. The molecule has 34 heavy (non-hydrogen) atoms. The summed E-state index contributed by atoms with van der Waals surface area (Å²) in [6, 6.07) is 11.3. The first-order valence-electron chi connectivity index (χ1n) is 11.3. The quantitative estimate of drug-likeness (QED) is 0.380. The van der Waals surface area contributed by atoms with Gasteiger partial charge >= 0.3 is 0 Å². The molecule has 0 aliphatic carbocycles. The molecule has 0 bridgehead atoms. The fraction of sp³-hybridized carbons (Fsp3) is 0.269. The Balaban J connectivity index is 1.37. The van der Waals surface area contributed by atoms with Crippen LogP contribution in [0.3, 0.4) is 0 Å². The minimum Gasteiger partial charge on any atom is -0.493 e. The van der Waals surface area contributed by atoms with E-state index in [9.17, 15) is 4.79 Å². The largest absolute Gasteiger partial charge is 0.493 e. The third-order valence-corrected chi connectivity index (χ3v) is 6.66. The average Bonchev–Trinajstić information content (AvgIpc) is 3.42. The number of nitrogens with zero attached hydrogens (tertiary/aromatic N) is 3. The third-order valence-electron chi connectivity index (χ3n) is 6.02. The van der Waals surface area contributed by atoms with E-state index in [4.69, 9.17) is 9.47 Å². The highest BCUT2D eigenvalue weighted by molar-refractivity contribution is 7.07. The van der Waals surface area contributed by atoms with Gasteiger partial charge in [0.15, 0.2) is 11.5 Å². The Morgan fingerprint density at radius 1 is 1.09 bits per heavy atom. The maximum Gasteiger partial charge on any atom is 0.255 e. The van der Waals surface area contributed by atoms with E-state index < -0.39 is 0 Å². The van der Waals surface area contributed by atoms with Crippen molar-refractivity contribution >= 4 is 39.4 Å². The van der Waals surface area contributed by atoms with Gasteiger partial charge in [0, 0.05) is 52.9 Å². The van der Waals surface area contributed by atoms with Gasteiger partial charge < -0.3 is 19.7 Å². The molecule has 1 aliphatic heterocycles. The van der Waals surface area contributed by atoms with Crippen molar-refractivity contribution < 1.29 is 14.3 Å². The summed E-state index contributed by atoms with van der Waals surface area (Å²) in [4.78, 5) is 24.1. The molecule has 2 aromatic heterocycles. The van der Waals surface area contributed by atoms with E-state index in [-0.39, 0.29) is 5.91 Å². The molecule has 4 aromatic rings. The lowest BCUT2D eigenvalue weighted by Gasteiger charge is -2.30. The highest BCUT2D eigenvalue weighted by Gasteiger charge is 2.17. The minimum absolute atomic E-state index is 0.222. The maximum atomic E-state index is 13.1. The van der Waals surface area contributed by atoms with Crippen LogP contribution in [0.4, 0.5) is 11.4 Å². The first-order valence-corrected chi connectivity index (χ1v) is 12.3. The second kappa shape index (κ2) is 10.1. The van der Waals surface area contributed by atoms with Crippen molar-refractivity contribution in [1.29, 1.82) is 0 Å². The smallest absolute Gasteiger partial charge is 0.255 e. The van der Waals surface area contributed by atoms with E-state index in [0.29, 0.717) is 23.7 Å². The van der Waals surface area contributed by atoms with Gasteiger partial charge in [-0.3, -0.25) is 9.78 Å². The molecule has 2 aromatic carbocycles. The molecule has 1 N–H and O–H groups in total. The number of piperidine rings is 1. The molecule has 5 rings (SSSR count). The Labute approximate surface area is 202 Å². The molecule has 1 amide bonds. The van der Waals surface area contributed by atoms with Gasteiger partial charge in [-0.2, -0.15) is 0 Å². The number of hydrogen-bond donors (Lipinski definition) is 1. The summed E-state index contributed by atoms with van der Waals surface area (Å²) in [7, 11) is 1.56. The van der Waals surface area contributed by atoms with Crippen molar-refractivity contribution in [3.8, 4) is 11.5 Å².